The van der Waals surface area contributed by atoms with Crippen molar-refractivity contribution in [2.24, 2.45) is 0 Å². The molecular weight excluding hydrogens is 269 g/mol. The van der Waals surface area contributed by atoms with E-state index in [4.69, 9.17) is 24.0 Å². The van der Waals surface area contributed by atoms with Crippen molar-refractivity contribution >= 4 is 7.82 Å². The van der Waals surface area contributed by atoms with Gasteiger partial charge in [0.15, 0.2) is 0 Å². The largest absolute Gasteiger partial charge is 0.466 e. The predicted octanol–water partition coefficient (Wildman–Crippen LogP) is 2.71. The van der Waals surface area contributed by atoms with Gasteiger partial charge in [0.2, 0.25) is 0 Å². The summed E-state index contributed by atoms with van der Waals surface area (Å²) in [6.45, 7) is 0. The van der Waals surface area contributed by atoms with E-state index in [1.807, 2.05) is 60.7 Å². The van der Waals surface area contributed by atoms with Crippen LogP contribution >= 0.6 is 7.82 Å². The predicted molar refractivity (Wildman–Crippen MR) is 72.2 cm³/mol. The van der Waals surface area contributed by atoms with Crippen molar-refractivity contribution in [3.8, 4) is 11.5 Å². The van der Waals surface area contributed by atoms with Gasteiger partial charge >= 0.3 is 7.82 Å². The van der Waals surface area contributed by atoms with Crippen LogP contribution in [0.5, 0.6) is 11.5 Å². The second-order valence-corrected chi connectivity index (χ2v) is 4.27. The van der Waals surface area contributed by atoms with Crippen LogP contribution in [0.3, 0.4) is 0 Å². The summed E-state index contributed by atoms with van der Waals surface area (Å²) in [6.07, 6.45) is 0. The molecule has 6 N–H and O–H groups in total. The molecule has 0 aliphatic rings. The maximum absolute atomic E-state index is 8.88. The lowest BCUT2D eigenvalue weighted by atomic mass is 10.3. The van der Waals surface area contributed by atoms with E-state index in [-0.39, 0.29) is 6.15 Å². The Balaban J connectivity index is 0.000000471. The van der Waals surface area contributed by atoms with Crippen LogP contribution in [-0.4, -0.2) is 14.7 Å². The molecule has 0 amide bonds. The Morgan fingerprint density at radius 3 is 1.26 bits per heavy atom. The maximum atomic E-state index is 8.88. The Kier molecular flexibility index (Phi) is 7.67. The Morgan fingerprint density at radius 2 is 1.00 bits per heavy atom. The zero-order valence-corrected chi connectivity index (χ0v) is 11.0. The molecule has 104 valence electrons. The van der Waals surface area contributed by atoms with Gasteiger partial charge in [0, 0.05) is 0 Å². The van der Waals surface area contributed by atoms with E-state index in [1.54, 1.807) is 0 Å². The number of hydrogen-bond acceptors (Lipinski definition) is 3. The summed E-state index contributed by atoms with van der Waals surface area (Å²) in [6, 6.07) is 19.5. The van der Waals surface area contributed by atoms with Crippen LogP contribution in [0.4, 0.5) is 0 Å². The van der Waals surface area contributed by atoms with Crippen molar-refractivity contribution in [2.75, 3.05) is 0 Å². The first kappa shape index (κ1) is 17.3. The highest BCUT2D eigenvalue weighted by atomic mass is 31.2. The lowest BCUT2D eigenvalue weighted by Gasteiger charge is -2.03. The van der Waals surface area contributed by atoms with E-state index in [0.717, 1.165) is 11.5 Å². The average Bonchev–Trinajstić information content (AvgIpc) is 2.29. The molecule has 0 fully saturated rings. The SMILES string of the molecule is N.O=P(O)(O)O.c1ccc(Oc2ccccc2)cc1. The molecule has 0 heterocycles. The van der Waals surface area contributed by atoms with Crippen LogP contribution in [0, 0.1) is 0 Å². The monoisotopic (exact) mass is 285 g/mol. The summed E-state index contributed by atoms with van der Waals surface area (Å²) in [5, 5.41) is 0. The van der Waals surface area contributed by atoms with Gasteiger partial charge in [0.25, 0.3) is 0 Å². The number of para-hydroxylation sites is 2. The highest BCUT2D eigenvalue weighted by Crippen LogP contribution is 2.25. The van der Waals surface area contributed by atoms with Crippen LogP contribution in [0.2, 0.25) is 0 Å². The van der Waals surface area contributed by atoms with Crippen molar-refractivity contribution < 1.29 is 24.0 Å². The van der Waals surface area contributed by atoms with Crippen molar-refractivity contribution in [1.29, 1.82) is 0 Å². The van der Waals surface area contributed by atoms with Crippen molar-refractivity contribution in [2.45, 2.75) is 0 Å². The summed E-state index contributed by atoms with van der Waals surface area (Å²) >= 11 is 0. The molecule has 0 saturated carbocycles. The minimum atomic E-state index is -4.64. The smallest absolute Gasteiger partial charge is 0.457 e. The molecule has 0 atom stereocenters. The summed E-state index contributed by atoms with van der Waals surface area (Å²) in [7, 11) is -4.64. The van der Waals surface area contributed by atoms with Gasteiger partial charge in [-0.1, -0.05) is 36.4 Å². The lowest BCUT2D eigenvalue weighted by molar-refractivity contribution is 0.275. The molecule has 19 heavy (non-hydrogen) atoms. The third-order valence-corrected chi connectivity index (χ3v) is 1.72. The molecule has 0 bridgehead atoms. The van der Waals surface area contributed by atoms with Crippen LogP contribution in [-0.2, 0) is 4.57 Å². The van der Waals surface area contributed by atoms with E-state index in [0.29, 0.717) is 0 Å². The quantitative estimate of drug-likeness (QED) is 0.629. The fourth-order valence-electron chi connectivity index (χ4n) is 1.11. The molecule has 6 nitrogen and oxygen atoms in total. The number of rotatable bonds is 2. The highest BCUT2D eigenvalue weighted by molar-refractivity contribution is 7.45. The first-order valence-corrected chi connectivity index (χ1v) is 6.58. The summed E-state index contributed by atoms with van der Waals surface area (Å²) < 4.78 is 14.5. The lowest BCUT2D eigenvalue weighted by Crippen LogP contribution is -1.81. The molecule has 0 spiro atoms. The van der Waals surface area contributed by atoms with Crippen molar-refractivity contribution in [1.82, 2.24) is 6.15 Å². The first-order chi connectivity index (χ1) is 8.45. The van der Waals surface area contributed by atoms with Crippen molar-refractivity contribution in [3.05, 3.63) is 60.7 Å². The Morgan fingerprint density at radius 1 is 0.737 bits per heavy atom. The number of phosphoric acid groups is 1. The molecule has 0 unspecified atom stereocenters. The summed E-state index contributed by atoms with van der Waals surface area (Å²) in [4.78, 5) is 21.6. The van der Waals surface area contributed by atoms with Gasteiger partial charge in [-0.25, -0.2) is 4.57 Å². The molecule has 2 rings (SSSR count). The number of benzene rings is 2. The fourth-order valence-corrected chi connectivity index (χ4v) is 1.11. The van der Waals surface area contributed by atoms with Crippen LogP contribution < -0.4 is 10.9 Å². The molecule has 7 heteroatoms. The minimum Gasteiger partial charge on any atom is -0.457 e. The molecule has 0 aromatic heterocycles. The van der Waals surface area contributed by atoms with E-state index >= 15 is 0 Å². The topological polar surface area (TPSA) is 122 Å². The second-order valence-electron chi connectivity index (χ2n) is 3.24. The summed E-state index contributed by atoms with van der Waals surface area (Å²) in [5.74, 6) is 1.74. The minimum absolute atomic E-state index is 0. The van der Waals surface area contributed by atoms with Crippen LogP contribution in [0.1, 0.15) is 0 Å². The fraction of sp³-hybridized carbons (Fsp3) is 0. The maximum Gasteiger partial charge on any atom is 0.466 e. The van der Waals surface area contributed by atoms with E-state index in [1.165, 1.54) is 0 Å². The first-order valence-electron chi connectivity index (χ1n) is 5.01. The standard InChI is InChI=1S/C12H10O.H3N.H3O4P/c1-3-7-11(8-4-1)13-12-9-5-2-6-10-12;;1-5(2,3)4/h1-10H;1H3;(H3,1,2,3,4). The molecule has 0 saturated heterocycles. The third-order valence-electron chi connectivity index (χ3n) is 1.72. The van der Waals surface area contributed by atoms with Gasteiger partial charge in [-0.2, -0.15) is 0 Å². The molecule has 0 radical (unpaired) electrons. The number of ether oxygens (including phenoxy) is 1. The van der Waals surface area contributed by atoms with Gasteiger partial charge in [0.05, 0.1) is 0 Å². The molecule has 0 aliphatic heterocycles. The second kappa shape index (κ2) is 8.42. The van der Waals surface area contributed by atoms with E-state index in [9.17, 15) is 0 Å². The normalized spacial score (nSPS) is 9.63. The van der Waals surface area contributed by atoms with Gasteiger partial charge in [0.1, 0.15) is 11.5 Å². The molecular formula is C12H16NO5P. The Labute approximate surface area is 111 Å². The molecule has 2 aromatic carbocycles. The zero-order chi connectivity index (χ0) is 13.4. The van der Waals surface area contributed by atoms with Gasteiger partial charge in [-0.15, -0.1) is 0 Å². The van der Waals surface area contributed by atoms with Gasteiger partial charge < -0.3 is 25.6 Å². The van der Waals surface area contributed by atoms with Gasteiger partial charge in [-0.3, -0.25) is 0 Å². The number of hydrogen-bond donors (Lipinski definition) is 4. The summed E-state index contributed by atoms with van der Waals surface area (Å²) in [5.41, 5.74) is 0. The van der Waals surface area contributed by atoms with Crippen LogP contribution in [0.25, 0.3) is 0 Å². The van der Waals surface area contributed by atoms with E-state index in [2.05, 4.69) is 0 Å². The Hall–Kier alpha value is -1.69. The highest BCUT2D eigenvalue weighted by Gasteiger charge is 2.00. The van der Waals surface area contributed by atoms with Crippen LogP contribution in [0.15, 0.2) is 60.7 Å². The van der Waals surface area contributed by atoms with Crippen molar-refractivity contribution in [3.63, 3.8) is 0 Å². The van der Waals surface area contributed by atoms with E-state index < -0.39 is 7.82 Å². The average molecular weight is 285 g/mol. The third kappa shape index (κ3) is 9.96. The zero-order valence-electron chi connectivity index (χ0n) is 10.1. The molecule has 2 aromatic rings. The van der Waals surface area contributed by atoms with Gasteiger partial charge in [-0.05, 0) is 24.3 Å². The Bertz CT molecular complexity index is 454. The molecule has 0 aliphatic carbocycles.